The minimum absolute atomic E-state index is 1.99. The van der Waals surface area contributed by atoms with E-state index in [2.05, 4.69) is 4.18 Å². The second-order valence-corrected chi connectivity index (χ2v) is 6.93. The molecule has 20 heteroatoms. The highest BCUT2D eigenvalue weighted by molar-refractivity contribution is 7.87. The Morgan fingerprint density at radius 1 is 0.567 bits per heavy atom. The van der Waals surface area contributed by atoms with Crippen LogP contribution in [0.15, 0.2) is 0 Å². The normalized spacial score (nSPS) is 16.1. The molecule has 0 aromatic heterocycles. The van der Waals surface area contributed by atoms with E-state index in [-0.39, 0.29) is 0 Å². The average molecular weight is 510 g/mol. The molecule has 0 aliphatic rings. The lowest BCUT2D eigenvalue weighted by Gasteiger charge is -2.39. The predicted octanol–water partition coefficient (Wildman–Crippen LogP) is 5.37. The standard InChI is InChI=1S/C10H6F16O3S/c11-4(12,2-1-3-29-30(27,28)10(24,25)26)5(13,14)6(15,16)7(17,18)8(19,20)9(21,22)23/h1-3H2. The first-order valence-corrected chi connectivity index (χ1v) is 8.03. The number of alkyl halides is 16. The second kappa shape index (κ2) is 7.73. The molecule has 0 radical (unpaired) electrons. The van der Waals surface area contributed by atoms with Crippen LogP contribution in [0.1, 0.15) is 12.8 Å². The van der Waals surface area contributed by atoms with Gasteiger partial charge in [-0.1, -0.05) is 0 Å². The molecule has 0 aliphatic heterocycles. The molecule has 3 nitrogen and oxygen atoms in total. The van der Waals surface area contributed by atoms with Gasteiger partial charge in [0.1, 0.15) is 0 Å². The van der Waals surface area contributed by atoms with E-state index in [1.807, 2.05) is 0 Å². The van der Waals surface area contributed by atoms with E-state index < -0.39 is 70.9 Å². The molecule has 0 atom stereocenters. The maximum Gasteiger partial charge on any atom is 0.523 e. The lowest BCUT2D eigenvalue weighted by molar-refractivity contribution is -0.440. The highest BCUT2D eigenvalue weighted by Crippen LogP contribution is 2.60. The van der Waals surface area contributed by atoms with E-state index in [0.29, 0.717) is 0 Å². The highest BCUT2D eigenvalue weighted by atomic mass is 32.2. The van der Waals surface area contributed by atoms with Crippen molar-refractivity contribution < 1.29 is 82.8 Å². The molecule has 0 unspecified atom stereocenters. The predicted molar refractivity (Wildman–Crippen MR) is 61.0 cm³/mol. The molecule has 0 N–H and O–H groups in total. The summed E-state index contributed by atoms with van der Waals surface area (Å²) >= 11 is 0. The van der Waals surface area contributed by atoms with Gasteiger partial charge in [-0.25, -0.2) is 0 Å². The summed E-state index contributed by atoms with van der Waals surface area (Å²) in [5, 5.41) is 0. The topological polar surface area (TPSA) is 43.4 Å². The van der Waals surface area contributed by atoms with Crippen molar-refractivity contribution in [1.82, 2.24) is 0 Å². The van der Waals surface area contributed by atoms with Gasteiger partial charge in [0.05, 0.1) is 6.61 Å². The van der Waals surface area contributed by atoms with Gasteiger partial charge in [-0.3, -0.25) is 4.18 Å². The lowest BCUT2D eigenvalue weighted by Crippen LogP contribution is -2.70. The Hall–Kier alpha value is -1.21. The maximum atomic E-state index is 13.2. The molecule has 0 saturated carbocycles. The smallest absolute Gasteiger partial charge is 0.263 e. The van der Waals surface area contributed by atoms with Gasteiger partial charge in [-0.05, 0) is 6.42 Å². The fraction of sp³-hybridized carbons (Fsp3) is 1.00. The Labute approximate surface area is 155 Å². The summed E-state index contributed by atoms with van der Waals surface area (Å²) in [5.41, 5.74) is -6.13. The van der Waals surface area contributed by atoms with Crippen molar-refractivity contribution in [3.63, 3.8) is 0 Å². The molecule has 0 bridgehead atoms. The number of halogens is 16. The first-order chi connectivity index (χ1) is 12.7. The molecule has 0 amide bonds. The summed E-state index contributed by atoms with van der Waals surface area (Å²) in [6, 6.07) is 0. The van der Waals surface area contributed by atoms with Crippen LogP contribution in [0, 0.1) is 0 Å². The van der Waals surface area contributed by atoms with Gasteiger partial charge in [0.25, 0.3) is 0 Å². The van der Waals surface area contributed by atoms with Crippen LogP contribution in [-0.4, -0.2) is 56.3 Å². The zero-order valence-electron chi connectivity index (χ0n) is 13.3. The van der Waals surface area contributed by atoms with Crippen molar-refractivity contribution in [3.8, 4) is 0 Å². The van der Waals surface area contributed by atoms with Crippen LogP contribution in [0.4, 0.5) is 70.2 Å². The largest absolute Gasteiger partial charge is 0.523 e. The third kappa shape index (κ3) is 4.67. The molecular formula is C10H6F16O3S. The summed E-state index contributed by atoms with van der Waals surface area (Å²) in [4.78, 5) is 0. The van der Waals surface area contributed by atoms with Gasteiger partial charge < -0.3 is 0 Å². The highest BCUT2D eigenvalue weighted by Gasteiger charge is 2.90. The molecule has 0 saturated heterocycles. The summed E-state index contributed by atoms with van der Waals surface area (Å²) in [7, 11) is -6.46. The summed E-state index contributed by atoms with van der Waals surface area (Å²) in [5.74, 6) is -38.2. The third-order valence-corrected chi connectivity index (χ3v) is 4.20. The summed E-state index contributed by atoms with van der Waals surface area (Å²) < 4.78 is 225. The SMILES string of the molecule is O=S(=O)(OCCCC(F)(F)C(F)(F)C(F)(F)C(F)(F)C(F)(F)C(F)(F)F)C(F)(F)F. The Morgan fingerprint density at radius 3 is 1.27 bits per heavy atom. The van der Waals surface area contributed by atoms with Crippen LogP contribution >= 0.6 is 0 Å². The molecule has 0 spiro atoms. The summed E-state index contributed by atoms with van der Waals surface area (Å²) in [6.07, 6.45) is -12.4. The Bertz CT molecular complexity index is 704. The van der Waals surface area contributed by atoms with E-state index in [9.17, 15) is 78.7 Å². The molecule has 0 aliphatic carbocycles. The first-order valence-electron chi connectivity index (χ1n) is 6.62. The maximum absolute atomic E-state index is 13.2. The first kappa shape index (κ1) is 28.8. The molecule has 0 rings (SSSR count). The van der Waals surface area contributed by atoms with Crippen LogP contribution in [0.3, 0.4) is 0 Å². The average Bonchev–Trinajstić information content (AvgIpc) is 2.48. The Balaban J connectivity index is 5.67. The zero-order valence-corrected chi connectivity index (χ0v) is 14.1. The van der Waals surface area contributed by atoms with Crippen molar-refractivity contribution in [2.75, 3.05) is 6.61 Å². The van der Waals surface area contributed by atoms with E-state index >= 15 is 0 Å². The molecule has 0 fully saturated rings. The molecule has 30 heavy (non-hydrogen) atoms. The minimum atomic E-state index is -8.11. The van der Waals surface area contributed by atoms with Gasteiger partial charge >= 0.3 is 51.4 Å². The monoisotopic (exact) mass is 510 g/mol. The third-order valence-electron chi connectivity index (χ3n) is 3.16. The van der Waals surface area contributed by atoms with Gasteiger partial charge in [0.15, 0.2) is 0 Å². The molecule has 182 valence electrons. The number of rotatable bonds is 9. The van der Waals surface area contributed by atoms with Crippen LogP contribution in [0.25, 0.3) is 0 Å². The fourth-order valence-corrected chi connectivity index (χ4v) is 1.96. The van der Waals surface area contributed by atoms with Crippen LogP contribution in [0.5, 0.6) is 0 Å². The van der Waals surface area contributed by atoms with Gasteiger partial charge in [0, 0.05) is 6.42 Å². The van der Waals surface area contributed by atoms with E-state index in [4.69, 9.17) is 0 Å². The Morgan fingerprint density at radius 2 is 0.933 bits per heavy atom. The number of hydrogen-bond donors (Lipinski definition) is 0. The van der Waals surface area contributed by atoms with Crippen molar-refractivity contribution in [1.29, 1.82) is 0 Å². The molecular weight excluding hydrogens is 504 g/mol. The van der Waals surface area contributed by atoms with Crippen molar-refractivity contribution >= 4 is 10.1 Å². The van der Waals surface area contributed by atoms with Crippen molar-refractivity contribution in [2.24, 2.45) is 0 Å². The van der Waals surface area contributed by atoms with E-state index in [0.717, 1.165) is 0 Å². The van der Waals surface area contributed by atoms with Crippen LogP contribution in [-0.2, 0) is 14.3 Å². The van der Waals surface area contributed by atoms with Crippen LogP contribution < -0.4 is 0 Å². The minimum Gasteiger partial charge on any atom is -0.263 e. The number of hydrogen-bond acceptors (Lipinski definition) is 3. The van der Waals surface area contributed by atoms with Crippen molar-refractivity contribution in [3.05, 3.63) is 0 Å². The zero-order chi connectivity index (χ0) is 24.8. The van der Waals surface area contributed by atoms with E-state index in [1.165, 1.54) is 0 Å². The van der Waals surface area contributed by atoms with Crippen LogP contribution in [0.2, 0.25) is 0 Å². The van der Waals surface area contributed by atoms with Gasteiger partial charge in [-0.2, -0.15) is 78.7 Å². The van der Waals surface area contributed by atoms with Gasteiger partial charge in [0.2, 0.25) is 0 Å². The molecule has 0 aromatic carbocycles. The van der Waals surface area contributed by atoms with E-state index in [1.54, 1.807) is 0 Å². The lowest BCUT2D eigenvalue weighted by atomic mass is 9.92. The summed E-state index contributed by atoms with van der Waals surface area (Å²) in [6.45, 7) is -2.05. The van der Waals surface area contributed by atoms with Crippen molar-refractivity contribution in [2.45, 2.75) is 54.1 Å². The van der Waals surface area contributed by atoms with Gasteiger partial charge in [-0.15, -0.1) is 0 Å². The molecule has 0 aromatic rings. The fourth-order valence-electron chi connectivity index (χ4n) is 1.49. The molecule has 0 heterocycles. The second-order valence-electron chi connectivity index (χ2n) is 5.33. The Kier molecular flexibility index (Phi) is 7.42. The quantitative estimate of drug-likeness (QED) is 0.181.